The van der Waals surface area contributed by atoms with Gasteiger partial charge >= 0.3 is 5.97 Å². The number of carbonyl (C=O) groups is 1. The zero-order chi connectivity index (χ0) is 14.5. The fourth-order valence-corrected chi connectivity index (χ4v) is 2.32. The molecule has 19 heavy (non-hydrogen) atoms. The Labute approximate surface area is 116 Å². The van der Waals surface area contributed by atoms with E-state index >= 15 is 0 Å². The van der Waals surface area contributed by atoms with Gasteiger partial charge in [0, 0.05) is 18.7 Å². The van der Waals surface area contributed by atoms with Crippen LogP contribution in [0.1, 0.15) is 46.5 Å². The Morgan fingerprint density at radius 2 is 1.89 bits per heavy atom. The summed E-state index contributed by atoms with van der Waals surface area (Å²) in [7, 11) is 0. The van der Waals surface area contributed by atoms with Gasteiger partial charge in [0.1, 0.15) is 0 Å². The predicted molar refractivity (Wildman–Crippen MR) is 75.8 cm³/mol. The zero-order valence-corrected chi connectivity index (χ0v) is 12.4. The SMILES string of the molecule is C=C(CNCC1(O)CCC(C)(C)CC1)C(=O)OCC. The van der Waals surface area contributed by atoms with E-state index in [1.54, 1.807) is 6.92 Å². The van der Waals surface area contributed by atoms with Gasteiger partial charge in [-0.05, 0) is 38.0 Å². The third-order valence-electron chi connectivity index (χ3n) is 3.89. The molecule has 0 unspecified atom stereocenters. The van der Waals surface area contributed by atoms with Gasteiger partial charge in [-0.25, -0.2) is 4.79 Å². The van der Waals surface area contributed by atoms with Crippen molar-refractivity contribution in [1.29, 1.82) is 0 Å². The minimum atomic E-state index is -0.648. The van der Waals surface area contributed by atoms with Crippen molar-refractivity contribution in [2.75, 3.05) is 19.7 Å². The van der Waals surface area contributed by atoms with Crippen molar-refractivity contribution in [3.05, 3.63) is 12.2 Å². The van der Waals surface area contributed by atoms with Crippen LogP contribution in [0, 0.1) is 5.41 Å². The van der Waals surface area contributed by atoms with Crippen molar-refractivity contribution >= 4 is 5.97 Å². The standard InChI is InChI=1S/C15H27NO3/c1-5-19-13(17)12(2)10-16-11-15(18)8-6-14(3,4)7-9-15/h16,18H,2,5-11H2,1,3-4H3. The second kappa shape index (κ2) is 6.53. The molecule has 1 saturated carbocycles. The molecule has 2 N–H and O–H groups in total. The Morgan fingerprint density at radius 3 is 2.42 bits per heavy atom. The van der Waals surface area contributed by atoms with Gasteiger partial charge in [0.05, 0.1) is 12.2 Å². The number of aliphatic hydroxyl groups is 1. The quantitative estimate of drug-likeness (QED) is 0.572. The number of carbonyl (C=O) groups excluding carboxylic acids is 1. The molecule has 0 spiro atoms. The lowest BCUT2D eigenvalue weighted by Crippen LogP contribution is -2.45. The van der Waals surface area contributed by atoms with E-state index in [4.69, 9.17) is 4.74 Å². The first-order valence-corrected chi connectivity index (χ1v) is 7.06. The van der Waals surface area contributed by atoms with Crippen LogP contribution in [0.25, 0.3) is 0 Å². The van der Waals surface area contributed by atoms with E-state index in [0.29, 0.717) is 30.7 Å². The third-order valence-corrected chi connectivity index (χ3v) is 3.89. The van der Waals surface area contributed by atoms with Crippen molar-refractivity contribution in [2.45, 2.75) is 52.1 Å². The molecule has 0 aromatic heterocycles. The van der Waals surface area contributed by atoms with Crippen LogP contribution < -0.4 is 5.32 Å². The predicted octanol–water partition coefficient (Wildman–Crippen LogP) is 2.03. The summed E-state index contributed by atoms with van der Waals surface area (Å²) in [6.45, 7) is 11.2. The molecular formula is C15H27NO3. The summed E-state index contributed by atoms with van der Waals surface area (Å²) < 4.78 is 4.86. The van der Waals surface area contributed by atoms with Gasteiger partial charge in [0.25, 0.3) is 0 Å². The van der Waals surface area contributed by atoms with E-state index in [1.165, 1.54) is 0 Å². The molecule has 0 saturated heterocycles. The Hall–Kier alpha value is -0.870. The second-order valence-corrected chi connectivity index (χ2v) is 6.32. The lowest BCUT2D eigenvalue weighted by molar-refractivity contribution is -0.138. The number of nitrogens with one attached hydrogen (secondary N) is 1. The van der Waals surface area contributed by atoms with Gasteiger partial charge < -0.3 is 15.2 Å². The van der Waals surface area contributed by atoms with Crippen LogP contribution in [0.5, 0.6) is 0 Å². The summed E-state index contributed by atoms with van der Waals surface area (Å²) in [5, 5.41) is 13.6. The Kier molecular flexibility index (Phi) is 5.56. The summed E-state index contributed by atoms with van der Waals surface area (Å²) in [6, 6.07) is 0. The normalized spacial score (nSPS) is 20.8. The van der Waals surface area contributed by atoms with Crippen molar-refractivity contribution in [3.63, 3.8) is 0 Å². The van der Waals surface area contributed by atoms with Gasteiger partial charge in [0.2, 0.25) is 0 Å². The first kappa shape index (κ1) is 16.2. The van der Waals surface area contributed by atoms with Crippen LogP contribution in [0.3, 0.4) is 0 Å². The van der Waals surface area contributed by atoms with Crippen LogP contribution in [0.15, 0.2) is 12.2 Å². The average molecular weight is 269 g/mol. The van der Waals surface area contributed by atoms with Crippen LogP contribution in [0.2, 0.25) is 0 Å². The molecule has 4 nitrogen and oxygen atoms in total. The molecule has 1 aliphatic rings. The van der Waals surface area contributed by atoms with Crippen molar-refractivity contribution < 1.29 is 14.6 Å². The van der Waals surface area contributed by atoms with E-state index in [-0.39, 0.29) is 5.97 Å². The Bertz CT molecular complexity index is 326. The topological polar surface area (TPSA) is 58.6 Å². The molecule has 0 atom stereocenters. The highest BCUT2D eigenvalue weighted by atomic mass is 16.5. The second-order valence-electron chi connectivity index (χ2n) is 6.32. The van der Waals surface area contributed by atoms with E-state index in [0.717, 1.165) is 25.7 Å². The molecule has 4 heteroatoms. The highest BCUT2D eigenvalue weighted by molar-refractivity contribution is 5.88. The fourth-order valence-electron chi connectivity index (χ4n) is 2.32. The lowest BCUT2D eigenvalue weighted by Gasteiger charge is -2.40. The van der Waals surface area contributed by atoms with Crippen LogP contribution in [-0.2, 0) is 9.53 Å². The maximum Gasteiger partial charge on any atom is 0.334 e. The molecular weight excluding hydrogens is 242 g/mol. The number of rotatable bonds is 6. The minimum absolute atomic E-state index is 0.334. The Balaban J connectivity index is 2.29. The number of ether oxygens (including phenoxy) is 1. The van der Waals surface area contributed by atoms with Crippen molar-refractivity contribution in [3.8, 4) is 0 Å². The molecule has 0 heterocycles. The summed E-state index contributed by atoms with van der Waals surface area (Å²) in [6.07, 6.45) is 3.67. The fraction of sp³-hybridized carbons (Fsp3) is 0.800. The third kappa shape index (κ3) is 5.33. The van der Waals surface area contributed by atoms with Gasteiger partial charge in [-0.3, -0.25) is 0 Å². The molecule has 0 aromatic carbocycles. The highest BCUT2D eigenvalue weighted by Crippen LogP contribution is 2.39. The molecule has 0 radical (unpaired) electrons. The lowest BCUT2D eigenvalue weighted by atomic mass is 9.71. The summed E-state index contributed by atoms with van der Waals surface area (Å²) in [5.41, 5.74) is 0.0900. The van der Waals surface area contributed by atoms with Crippen LogP contribution in [-0.4, -0.2) is 36.4 Å². The van der Waals surface area contributed by atoms with Crippen molar-refractivity contribution in [2.24, 2.45) is 5.41 Å². The maximum atomic E-state index is 11.4. The molecule has 0 amide bonds. The largest absolute Gasteiger partial charge is 0.463 e. The number of hydrogen-bond donors (Lipinski definition) is 2. The number of esters is 1. The monoisotopic (exact) mass is 269 g/mol. The molecule has 1 fully saturated rings. The zero-order valence-electron chi connectivity index (χ0n) is 12.4. The van der Waals surface area contributed by atoms with Gasteiger partial charge in [-0.1, -0.05) is 20.4 Å². The molecule has 1 rings (SSSR count). The number of hydrogen-bond acceptors (Lipinski definition) is 4. The van der Waals surface area contributed by atoms with Gasteiger partial charge in [-0.15, -0.1) is 0 Å². The Morgan fingerprint density at radius 1 is 1.32 bits per heavy atom. The molecule has 0 aliphatic heterocycles. The average Bonchev–Trinajstić information content (AvgIpc) is 2.34. The summed E-state index contributed by atoms with van der Waals surface area (Å²) >= 11 is 0. The minimum Gasteiger partial charge on any atom is -0.463 e. The molecule has 1 aliphatic carbocycles. The molecule has 0 aromatic rings. The summed E-state index contributed by atoms with van der Waals surface area (Å²) in [4.78, 5) is 11.4. The van der Waals surface area contributed by atoms with Crippen LogP contribution in [0.4, 0.5) is 0 Å². The highest BCUT2D eigenvalue weighted by Gasteiger charge is 2.36. The van der Waals surface area contributed by atoms with E-state index < -0.39 is 5.60 Å². The molecule has 0 bridgehead atoms. The molecule has 110 valence electrons. The van der Waals surface area contributed by atoms with E-state index in [2.05, 4.69) is 25.7 Å². The van der Waals surface area contributed by atoms with E-state index in [9.17, 15) is 9.90 Å². The van der Waals surface area contributed by atoms with Crippen molar-refractivity contribution in [1.82, 2.24) is 5.32 Å². The van der Waals surface area contributed by atoms with Crippen LogP contribution >= 0.6 is 0 Å². The smallest absolute Gasteiger partial charge is 0.334 e. The first-order valence-electron chi connectivity index (χ1n) is 7.06. The van der Waals surface area contributed by atoms with Gasteiger partial charge in [-0.2, -0.15) is 0 Å². The van der Waals surface area contributed by atoms with Gasteiger partial charge in [0.15, 0.2) is 0 Å². The summed E-state index contributed by atoms with van der Waals surface area (Å²) in [5.74, 6) is -0.369. The maximum absolute atomic E-state index is 11.4. The first-order chi connectivity index (χ1) is 8.78. The van der Waals surface area contributed by atoms with E-state index in [1.807, 2.05) is 0 Å².